The van der Waals surface area contributed by atoms with E-state index in [0.29, 0.717) is 11.8 Å². The van der Waals surface area contributed by atoms with Gasteiger partial charge in [-0.3, -0.25) is 4.98 Å². The summed E-state index contributed by atoms with van der Waals surface area (Å²) in [6.45, 7) is 6.32. The van der Waals surface area contributed by atoms with Crippen LogP contribution in [-0.4, -0.2) is 18.1 Å². The molecule has 0 spiro atoms. The highest BCUT2D eigenvalue weighted by atomic mass is 14.9. The van der Waals surface area contributed by atoms with Gasteiger partial charge in [0.15, 0.2) is 0 Å². The van der Waals surface area contributed by atoms with Gasteiger partial charge in [-0.1, -0.05) is 24.3 Å². The Morgan fingerprint density at radius 1 is 1.21 bits per heavy atom. The molecule has 1 unspecified atom stereocenters. The number of para-hydroxylation sites is 1. The van der Waals surface area contributed by atoms with Crippen LogP contribution in [0.15, 0.2) is 49.2 Å². The van der Waals surface area contributed by atoms with Gasteiger partial charge in [0.05, 0.1) is 5.52 Å². The predicted octanol–water partition coefficient (Wildman–Crippen LogP) is 3.50. The third-order valence-corrected chi connectivity index (χ3v) is 4.19. The number of rotatable bonds is 3. The molecule has 1 aliphatic rings. The number of fused-ring (bicyclic) bond motifs is 1. The van der Waals surface area contributed by atoms with Crippen LogP contribution in [0.5, 0.6) is 0 Å². The summed E-state index contributed by atoms with van der Waals surface area (Å²) in [5, 5.41) is 4.71. The Morgan fingerprint density at radius 3 is 2.79 bits per heavy atom. The van der Waals surface area contributed by atoms with E-state index in [1.165, 1.54) is 23.8 Å². The number of nitrogens with zero attached hydrogens (tertiary/aromatic N) is 1. The lowest BCUT2D eigenvalue weighted by molar-refractivity contribution is 0.348. The topological polar surface area (TPSA) is 24.9 Å². The second-order valence-corrected chi connectivity index (χ2v) is 5.27. The highest BCUT2D eigenvalue weighted by Gasteiger charge is 2.23. The lowest BCUT2D eigenvalue weighted by Crippen LogP contribution is -2.30. The van der Waals surface area contributed by atoms with Crippen LogP contribution in [0.25, 0.3) is 10.9 Å². The number of aromatic nitrogens is 1. The number of allylic oxidation sites excluding steroid dienone is 1. The maximum absolute atomic E-state index is 4.46. The summed E-state index contributed by atoms with van der Waals surface area (Å²) in [6.07, 6.45) is 6.51. The van der Waals surface area contributed by atoms with Gasteiger partial charge in [-0.05, 0) is 49.5 Å². The molecule has 0 amide bonds. The first kappa shape index (κ1) is 12.4. The van der Waals surface area contributed by atoms with Gasteiger partial charge in [-0.2, -0.15) is 0 Å². The Morgan fingerprint density at radius 2 is 2.00 bits per heavy atom. The van der Waals surface area contributed by atoms with Gasteiger partial charge < -0.3 is 5.32 Å². The van der Waals surface area contributed by atoms with Gasteiger partial charge >= 0.3 is 0 Å². The highest BCUT2D eigenvalue weighted by molar-refractivity contribution is 5.82. The first-order chi connectivity index (χ1) is 9.40. The molecule has 2 heterocycles. The highest BCUT2D eigenvalue weighted by Crippen LogP contribution is 2.35. The Kier molecular flexibility index (Phi) is 3.60. The minimum atomic E-state index is 0.440. The number of nitrogens with one attached hydrogen (secondary N) is 1. The van der Waals surface area contributed by atoms with Crippen LogP contribution >= 0.6 is 0 Å². The van der Waals surface area contributed by atoms with Crippen LogP contribution in [0.3, 0.4) is 0 Å². The number of benzene rings is 1. The molecule has 0 aliphatic carbocycles. The van der Waals surface area contributed by atoms with Gasteiger partial charge in [0, 0.05) is 17.5 Å². The molecule has 1 N–H and O–H groups in total. The van der Waals surface area contributed by atoms with E-state index < -0.39 is 0 Å². The molecule has 1 fully saturated rings. The van der Waals surface area contributed by atoms with E-state index in [-0.39, 0.29) is 0 Å². The molecule has 1 aromatic carbocycles. The molecule has 2 heteroatoms. The third kappa shape index (κ3) is 2.41. The van der Waals surface area contributed by atoms with Crippen molar-refractivity contribution in [1.29, 1.82) is 0 Å². The van der Waals surface area contributed by atoms with Crippen molar-refractivity contribution >= 4 is 10.9 Å². The van der Waals surface area contributed by atoms with Crippen molar-refractivity contribution in [2.45, 2.75) is 18.8 Å². The predicted molar refractivity (Wildman–Crippen MR) is 80.3 cm³/mol. The minimum Gasteiger partial charge on any atom is -0.317 e. The summed E-state index contributed by atoms with van der Waals surface area (Å²) in [4.78, 5) is 4.46. The molecule has 1 aromatic heterocycles. The van der Waals surface area contributed by atoms with Crippen molar-refractivity contribution in [2.75, 3.05) is 13.1 Å². The fourth-order valence-corrected chi connectivity index (χ4v) is 3.19. The molecular formula is C17H20N2. The molecule has 19 heavy (non-hydrogen) atoms. The number of piperidine rings is 1. The van der Waals surface area contributed by atoms with E-state index in [9.17, 15) is 0 Å². The first-order valence-corrected chi connectivity index (χ1v) is 7.07. The van der Waals surface area contributed by atoms with Crippen molar-refractivity contribution in [3.63, 3.8) is 0 Å². The molecule has 2 nitrogen and oxygen atoms in total. The van der Waals surface area contributed by atoms with E-state index in [1.807, 2.05) is 12.3 Å². The normalized spacial score (nSPS) is 18.3. The van der Waals surface area contributed by atoms with Crippen LogP contribution in [0, 0.1) is 5.92 Å². The van der Waals surface area contributed by atoms with E-state index in [1.54, 1.807) is 0 Å². The minimum absolute atomic E-state index is 0.440. The number of hydrogen-bond acceptors (Lipinski definition) is 2. The van der Waals surface area contributed by atoms with E-state index in [2.05, 4.69) is 47.2 Å². The lowest BCUT2D eigenvalue weighted by atomic mass is 9.79. The summed E-state index contributed by atoms with van der Waals surface area (Å²) in [6, 6.07) is 10.6. The maximum atomic E-state index is 4.46. The summed E-state index contributed by atoms with van der Waals surface area (Å²) >= 11 is 0. The molecule has 0 bridgehead atoms. The molecule has 98 valence electrons. The van der Waals surface area contributed by atoms with Crippen LogP contribution in [0.2, 0.25) is 0 Å². The largest absolute Gasteiger partial charge is 0.317 e. The second kappa shape index (κ2) is 5.54. The molecule has 1 atom stereocenters. The van der Waals surface area contributed by atoms with Crippen LogP contribution < -0.4 is 5.32 Å². The monoisotopic (exact) mass is 252 g/mol. The Bertz CT molecular complexity index is 565. The first-order valence-electron chi connectivity index (χ1n) is 7.07. The van der Waals surface area contributed by atoms with E-state index in [4.69, 9.17) is 0 Å². The summed E-state index contributed by atoms with van der Waals surface area (Å²) in [7, 11) is 0. The molecule has 0 radical (unpaired) electrons. The molecule has 3 rings (SSSR count). The van der Waals surface area contributed by atoms with Crippen LogP contribution in [0.1, 0.15) is 24.3 Å². The van der Waals surface area contributed by atoms with Crippen molar-refractivity contribution in [3.05, 3.63) is 54.7 Å². The zero-order valence-electron chi connectivity index (χ0n) is 11.2. The summed E-state index contributed by atoms with van der Waals surface area (Å²) in [5.74, 6) is 1.14. The van der Waals surface area contributed by atoms with Gasteiger partial charge in [0.1, 0.15) is 0 Å². The molecular weight excluding hydrogens is 232 g/mol. The van der Waals surface area contributed by atoms with Crippen LogP contribution in [0.4, 0.5) is 0 Å². The zero-order valence-corrected chi connectivity index (χ0v) is 11.2. The van der Waals surface area contributed by atoms with Gasteiger partial charge in [-0.15, -0.1) is 6.58 Å². The molecule has 1 aliphatic heterocycles. The van der Waals surface area contributed by atoms with Crippen molar-refractivity contribution in [3.8, 4) is 0 Å². The van der Waals surface area contributed by atoms with Crippen molar-refractivity contribution in [2.24, 2.45) is 5.92 Å². The van der Waals surface area contributed by atoms with Gasteiger partial charge in [0.25, 0.3) is 0 Å². The standard InChI is InChI=1S/C17H20N2/c1-2-14(13-7-10-18-11-8-13)15-9-12-19-17-6-4-3-5-16(15)17/h2-6,9,12-14,18H,1,7-8,10-11H2. The zero-order chi connectivity index (χ0) is 13.1. The number of hydrogen-bond donors (Lipinski definition) is 1. The maximum Gasteiger partial charge on any atom is 0.0704 e. The smallest absolute Gasteiger partial charge is 0.0704 e. The van der Waals surface area contributed by atoms with Crippen molar-refractivity contribution < 1.29 is 0 Å². The molecule has 1 saturated heterocycles. The third-order valence-electron chi connectivity index (χ3n) is 4.19. The Labute approximate surface area is 114 Å². The lowest BCUT2D eigenvalue weighted by Gasteiger charge is -2.29. The Balaban J connectivity index is 2.03. The van der Waals surface area contributed by atoms with E-state index in [0.717, 1.165) is 18.6 Å². The molecule has 2 aromatic rings. The summed E-state index contributed by atoms with van der Waals surface area (Å²) < 4.78 is 0. The Hall–Kier alpha value is -1.67. The second-order valence-electron chi connectivity index (χ2n) is 5.27. The van der Waals surface area contributed by atoms with Gasteiger partial charge in [-0.25, -0.2) is 0 Å². The fraction of sp³-hybridized carbons (Fsp3) is 0.353. The number of pyridine rings is 1. The average Bonchev–Trinajstić information content (AvgIpc) is 2.49. The van der Waals surface area contributed by atoms with Crippen molar-refractivity contribution in [1.82, 2.24) is 10.3 Å². The van der Waals surface area contributed by atoms with Crippen LogP contribution in [-0.2, 0) is 0 Å². The average molecular weight is 252 g/mol. The fourth-order valence-electron chi connectivity index (χ4n) is 3.19. The quantitative estimate of drug-likeness (QED) is 0.846. The van der Waals surface area contributed by atoms with E-state index >= 15 is 0 Å². The molecule has 0 saturated carbocycles. The SMILES string of the molecule is C=CC(c1ccnc2ccccc12)C1CCNCC1. The van der Waals surface area contributed by atoms with Gasteiger partial charge in [0.2, 0.25) is 0 Å². The summed E-state index contributed by atoms with van der Waals surface area (Å²) in [5.41, 5.74) is 2.47.